The molecule has 0 saturated carbocycles. The summed E-state index contributed by atoms with van der Waals surface area (Å²) in [4.78, 5) is 22.9. The van der Waals surface area contributed by atoms with Gasteiger partial charge in [-0.1, -0.05) is 12.1 Å². The molecule has 0 heterocycles. The van der Waals surface area contributed by atoms with E-state index in [-0.39, 0.29) is 19.6 Å². The van der Waals surface area contributed by atoms with Gasteiger partial charge in [-0.05, 0) is 38.5 Å². The summed E-state index contributed by atoms with van der Waals surface area (Å²) >= 11 is 0. The average Bonchev–Trinajstić information content (AvgIpc) is 2.43. The van der Waals surface area contributed by atoms with Crippen molar-refractivity contribution in [2.75, 3.05) is 6.54 Å². The summed E-state index contributed by atoms with van der Waals surface area (Å²) in [5.74, 6) is -0.432. The van der Waals surface area contributed by atoms with Gasteiger partial charge in [0.2, 0.25) is 0 Å². The van der Waals surface area contributed by atoms with Crippen LogP contribution in [0, 0.1) is 11.3 Å². The number of ether oxygens (including phenoxy) is 2. The first-order valence-corrected chi connectivity index (χ1v) is 6.91. The van der Waals surface area contributed by atoms with Gasteiger partial charge >= 0.3 is 12.1 Å². The molecule has 0 atom stereocenters. The first-order valence-electron chi connectivity index (χ1n) is 6.91. The van der Waals surface area contributed by atoms with Crippen LogP contribution in [0.25, 0.3) is 0 Å². The Morgan fingerprint density at radius 1 is 1.32 bits per heavy atom. The number of nitriles is 1. The molecule has 0 saturated heterocycles. The predicted molar refractivity (Wildman–Crippen MR) is 79.8 cm³/mol. The second-order valence-electron chi connectivity index (χ2n) is 5.65. The van der Waals surface area contributed by atoms with Crippen LogP contribution >= 0.6 is 0 Å². The Labute approximate surface area is 130 Å². The van der Waals surface area contributed by atoms with Crippen LogP contribution in [0.3, 0.4) is 0 Å². The zero-order valence-electron chi connectivity index (χ0n) is 13.0. The lowest BCUT2D eigenvalue weighted by Gasteiger charge is -2.19. The van der Waals surface area contributed by atoms with Gasteiger partial charge in [0.05, 0.1) is 18.1 Å². The molecule has 0 unspecified atom stereocenters. The number of amides is 1. The zero-order chi connectivity index (χ0) is 16.6. The fourth-order valence-corrected chi connectivity index (χ4v) is 1.55. The van der Waals surface area contributed by atoms with Crippen molar-refractivity contribution in [3.05, 3.63) is 35.4 Å². The van der Waals surface area contributed by atoms with Crippen LogP contribution in [0.2, 0.25) is 0 Å². The predicted octanol–water partition coefficient (Wildman–Crippen LogP) is 2.52. The van der Waals surface area contributed by atoms with Gasteiger partial charge in [0.25, 0.3) is 0 Å². The first kappa shape index (κ1) is 17.5. The fraction of sp³-hybridized carbons (Fsp3) is 0.438. The van der Waals surface area contributed by atoms with Gasteiger partial charge in [0, 0.05) is 6.54 Å². The highest BCUT2D eigenvalue weighted by Crippen LogP contribution is 2.07. The van der Waals surface area contributed by atoms with Gasteiger partial charge in [-0.15, -0.1) is 0 Å². The van der Waals surface area contributed by atoms with Crippen molar-refractivity contribution in [2.24, 2.45) is 0 Å². The molecule has 1 rings (SSSR count). The van der Waals surface area contributed by atoms with E-state index in [1.807, 2.05) is 6.07 Å². The van der Waals surface area contributed by atoms with E-state index in [0.29, 0.717) is 5.56 Å². The van der Waals surface area contributed by atoms with Crippen LogP contribution in [-0.2, 0) is 20.9 Å². The van der Waals surface area contributed by atoms with Crippen molar-refractivity contribution in [1.29, 1.82) is 5.26 Å². The summed E-state index contributed by atoms with van der Waals surface area (Å²) in [6.45, 7) is 5.52. The topological polar surface area (TPSA) is 88.4 Å². The molecule has 1 aromatic carbocycles. The summed E-state index contributed by atoms with van der Waals surface area (Å²) < 4.78 is 10.1. The number of nitrogens with zero attached hydrogens (tertiary/aromatic N) is 1. The number of carbonyl (C=O) groups excluding carboxylic acids is 2. The molecule has 0 aliphatic rings. The molecule has 0 aliphatic carbocycles. The fourth-order valence-electron chi connectivity index (χ4n) is 1.55. The van der Waals surface area contributed by atoms with Gasteiger partial charge < -0.3 is 14.8 Å². The van der Waals surface area contributed by atoms with Crippen molar-refractivity contribution in [1.82, 2.24) is 5.32 Å². The highest BCUT2D eigenvalue weighted by atomic mass is 16.6. The Balaban J connectivity index is 2.27. The van der Waals surface area contributed by atoms with Gasteiger partial charge in [-0.3, -0.25) is 4.79 Å². The largest absolute Gasteiger partial charge is 0.461 e. The quantitative estimate of drug-likeness (QED) is 0.844. The molecule has 0 aliphatic heterocycles. The summed E-state index contributed by atoms with van der Waals surface area (Å²) in [5.41, 5.74) is 0.684. The van der Waals surface area contributed by atoms with E-state index in [1.165, 1.54) is 0 Å². The first-order chi connectivity index (χ1) is 10.3. The smallest absolute Gasteiger partial charge is 0.407 e. The monoisotopic (exact) mass is 304 g/mol. The molecule has 6 heteroatoms. The molecular weight excluding hydrogens is 284 g/mol. The van der Waals surface area contributed by atoms with Crippen LogP contribution in [0.4, 0.5) is 4.79 Å². The highest BCUT2D eigenvalue weighted by molar-refractivity contribution is 5.72. The van der Waals surface area contributed by atoms with Crippen LogP contribution in [0.15, 0.2) is 24.3 Å². The van der Waals surface area contributed by atoms with Crippen LogP contribution in [-0.4, -0.2) is 24.2 Å². The molecule has 0 aromatic heterocycles. The maximum atomic E-state index is 11.6. The maximum absolute atomic E-state index is 11.6. The summed E-state index contributed by atoms with van der Waals surface area (Å²) in [5, 5.41) is 11.3. The number of hydrogen-bond donors (Lipinski definition) is 1. The van der Waals surface area contributed by atoms with Crippen LogP contribution in [0.5, 0.6) is 0 Å². The van der Waals surface area contributed by atoms with Crippen molar-refractivity contribution in [2.45, 2.75) is 39.4 Å². The molecule has 0 radical (unpaired) electrons. The Morgan fingerprint density at radius 3 is 2.68 bits per heavy atom. The van der Waals surface area contributed by atoms with E-state index in [4.69, 9.17) is 14.7 Å². The number of benzene rings is 1. The normalized spacial score (nSPS) is 10.5. The summed E-state index contributed by atoms with van der Waals surface area (Å²) in [7, 11) is 0. The summed E-state index contributed by atoms with van der Waals surface area (Å²) in [6.07, 6.45) is -0.515. The van der Waals surface area contributed by atoms with Crippen LogP contribution in [0.1, 0.15) is 38.3 Å². The lowest BCUT2D eigenvalue weighted by molar-refractivity contribution is -0.144. The minimum atomic E-state index is -0.573. The second-order valence-corrected chi connectivity index (χ2v) is 5.65. The van der Waals surface area contributed by atoms with Crippen molar-refractivity contribution < 1.29 is 19.1 Å². The third kappa shape index (κ3) is 7.29. The number of hydrogen-bond acceptors (Lipinski definition) is 5. The van der Waals surface area contributed by atoms with E-state index >= 15 is 0 Å². The van der Waals surface area contributed by atoms with E-state index in [9.17, 15) is 9.59 Å². The number of alkyl carbamates (subject to hydrolysis) is 1. The van der Waals surface area contributed by atoms with E-state index < -0.39 is 17.7 Å². The van der Waals surface area contributed by atoms with Crippen molar-refractivity contribution in [3.63, 3.8) is 0 Å². The Kier molecular flexibility index (Phi) is 6.39. The highest BCUT2D eigenvalue weighted by Gasteiger charge is 2.16. The number of carbonyl (C=O) groups is 2. The minimum Gasteiger partial charge on any atom is -0.461 e. The Hall–Kier alpha value is -2.55. The van der Waals surface area contributed by atoms with Gasteiger partial charge in [-0.25, -0.2) is 4.79 Å². The zero-order valence-corrected chi connectivity index (χ0v) is 13.0. The van der Waals surface area contributed by atoms with E-state index in [0.717, 1.165) is 5.56 Å². The van der Waals surface area contributed by atoms with Gasteiger partial charge in [0.1, 0.15) is 12.2 Å². The second kappa shape index (κ2) is 8.03. The van der Waals surface area contributed by atoms with E-state index in [1.54, 1.807) is 45.0 Å². The molecular formula is C16H20N2O4. The van der Waals surface area contributed by atoms with Gasteiger partial charge in [0.15, 0.2) is 0 Å². The summed E-state index contributed by atoms with van der Waals surface area (Å²) in [6, 6.07) is 8.85. The lowest BCUT2D eigenvalue weighted by atomic mass is 10.1. The molecule has 22 heavy (non-hydrogen) atoms. The van der Waals surface area contributed by atoms with Crippen LogP contribution < -0.4 is 5.32 Å². The molecule has 0 bridgehead atoms. The molecule has 6 nitrogen and oxygen atoms in total. The number of esters is 1. The Bertz CT molecular complexity index is 570. The lowest BCUT2D eigenvalue weighted by Crippen LogP contribution is -2.33. The molecule has 118 valence electrons. The molecule has 1 aromatic rings. The van der Waals surface area contributed by atoms with Crippen molar-refractivity contribution in [3.8, 4) is 6.07 Å². The SMILES string of the molecule is CC(C)(C)OC(=O)NCCC(=O)OCc1cccc(C#N)c1. The average molecular weight is 304 g/mol. The van der Waals surface area contributed by atoms with Crippen molar-refractivity contribution >= 4 is 12.1 Å². The molecule has 1 amide bonds. The number of rotatable bonds is 5. The van der Waals surface area contributed by atoms with Gasteiger partial charge in [-0.2, -0.15) is 5.26 Å². The standard InChI is InChI=1S/C16H20N2O4/c1-16(2,3)22-15(20)18-8-7-14(19)21-11-13-6-4-5-12(9-13)10-17/h4-6,9H,7-8,11H2,1-3H3,(H,18,20). The maximum Gasteiger partial charge on any atom is 0.407 e. The minimum absolute atomic E-state index is 0.0528. The molecule has 0 spiro atoms. The molecule has 1 N–H and O–H groups in total. The molecule has 0 fully saturated rings. The number of nitrogens with one attached hydrogen (secondary N) is 1. The van der Waals surface area contributed by atoms with E-state index in [2.05, 4.69) is 5.32 Å². The Morgan fingerprint density at radius 2 is 2.05 bits per heavy atom. The third-order valence-electron chi connectivity index (χ3n) is 2.45. The third-order valence-corrected chi connectivity index (χ3v) is 2.45.